The molecule has 0 unspecified atom stereocenters. The van der Waals surface area contributed by atoms with Crippen LogP contribution in [-0.4, -0.2) is 53.7 Å². The molecule has 0 aliphatic carbocycles. The average molecular weight is 300 g/mol. The van der Waals surface area contributed by atoms with Crippen molar-refractivity contribution < 1.29 is 18.1 Å². The van der Waals surface area contributed by atoms with Crippen LogP contribution in [0.1, 0.15) is 10.4 Å². The van der Waals surface area contributed by atoms with Crippen LogP contribution in [0.3, 0.4) is 0 Å². The highest BCUT2D eigenvalue weighted by atomic mass is 32.2. The van der Waals surface area contributed by atoms with Crippen LogP contribution in [-0.2, 0) is 9.84 Å². The van der Waals surface area contributed by atoms with Crippen molar-refractivity contribution in [2.75, 3.05) is 30.3 Å². The van der Waals surface area contributed by atoms with Gasteiger partial charge in [0.2, 0.25) is 0 Å². The molecule has 10 heteroatoms. The fourth-order valence-electron chi connectivity index (χ4n) is 1.82. The number of carbonyl (C=O) groups excluding carboxylic acids is 1. The van der Waals surface area contributed by atoms with Gasteiger partial charge in [0.25, 0.3) is 11.6 Å². The molecule has 1 saturated heterocycles. The van der Waals surface area contributed by atoms with Gasteiger partial charge in [-0.25, -0.2) is 13.4 Å². The molecule has 1 amide bonds. The number of amides is 1. The molecule has 20 heavy (non-hydrogen) atoms. The van der Waals surface area contributed by atoms with Crippen molar-refractivity contribution in [1.82, 2.24) is 9.88 Å². The molecule has 9 nitrogen and oxygen atoms in total. The van der Waals surface area contributed by atoms with E-state index in [-0.39, 0.29) is 41.7 Å². The number of hydrogen-bond donors (Lipinski definition) is 1. The molecule has 0 spiro atoms. The van der Waals surface area contributed by atoms with Gasteiger partial charge in [0.15, 0.2) is 9.84 Å². The lowest BCUT2D eigenvalue weighted by Gasteiger charge is -2.26. The van der Waals surface area contributed by atoms with Crippen LogP contribution in [0, 0.1) is 10.1 Å². The van der Waals surface area contributed by atoms with E-state index in [1.54, 1.807) is 0 Å². The second-order valence-electron chi connectivity index (χ2n) is 4.33. The maximum atomic E-state index is 12.2. The van der Waals surface area contributed by atoms with E-state index in [0.29, 0.717) is 0 Å². The van der Waals surface area contributed by atoms with Crippen molar-refractivity contribution in [3.8, 4) is 0 Å². The summed E-state index contributed by atoms with van der Waals surface area (Å²) < 4.78 is 22.6. The summed E-state index contributed by atoms with van der Waals surface area (Å²) in [6.07, 6.45) is 0.965. The predicted octanol–water partition coefficient (Wildman–Crippen LogP) is -0.557. The van der Waals surface area contributed by atoms with Gasteiger partial charge >= 0.3 is 0 Å². The minimum Gasteiger partial charge on any atom is -0.383 e. The summed E-state index contributed by atoms with van der Waals surface area (Å²) in [6.45, 7) is 0.0899. The summed E-state index contributed by atoms with van der Waals surface area (Å²) in [5.74, 6) is -0.912. The third kappa shape index (κ3) is 2.85. The largest absolute Gasteiger partial charge is 0.383 e. The van der Waals surface area contributed by atoms with Gasteiger partial charge in [-0.05, 0) is 0 Å². The number of sulfone groups is 1. The Hall–Kier alpha value is -2.23. The van der Waals surface area contributed by atoms with Gasteiger partial charge in [-0.3, -0.25) is 14.9 Å². The second-order valence-corrected chi connectivity index (χ2v) is 6.63. The monoisotopic (exact) mass is 300 g/mol. The van der Waals surface area contributed by atoms with E-state index >= 15 is 0 Å². The van der Waals surface area contributed by atoms with Gasteiger partial charge < -0.3 is 10.6 Å². The fraction of sp³-hybridized carbons (Fsp3) is 0.400. The van der Waals surface area contributed by atoms with Gasteiger partial charge in [-0.2, -0.15) is 0 Å². The summed E-state index contributed by atoms with van der Waals surface area (Å²) in [5.41, 5.74) is 5.13. The molecular formula is C10H12N4O5S. The van der Waals surface area contributed by atoms with Gasteiger partial charge in [-0.1, -0.05) is 0 Å². The zero-order valence-electron chi connectivity index (χ0n) is 10.4. The molecule has 1 aromatic rings. The van der Waals surface area contributed by atoms with Crippen LogP contribution in [0.15, 0.2) is 12.3 Å². The van der Waals surface area contributed by atoms with E-state index in [4.69, 9.17) is 5.73 Å². The number of hydrogen-bond acceptors (Lipinski definition) is 7. The number of pyridine rings is 1. The van der Waals surface area contributed by atoms with E-state index in [2.05, 4.69) is 4.98 Å². The lowest BCUT2D eigenvalue weighted by atomic mass is 10.2. The standard InChI is InChI=1S/C10H12N4O5S/c11-9-8(5-7(6-12-9)14(16)17)10(15)13-1-3-20(18,19)4-2-13/h5-6H,1-4H2,(H2,11,12). The Bertz CT molecular complexity index is 658. The van der Waals surface area contributed by atoms with Crippen molar-refractivity contribution >= 4 is 27.2 Å². The van der Waals surface area contributed by atoms with E-state index in [9.17, 15) is 23.3 Å². The Morgan fingerprint density at radius 2 is 2.00 bits per heavy atom. The molecule has 1 fully saturated rings. The molecule has 108 valence electrons. The van der Waals surface area contributed by atoms with Crippen molar-refractivity contribution in [3.63, 3.8) is 0 Å². The SMILES string of the molecule is Nc1ncc([N+](=O)[O-])cc1C(=O)N1CCS(=O)(=O)CC1. The molecule has 0 saturated carbocycles. The van der Waals surface area contributed by atoms with Crippen LogP contribution >= 0.6 is 0 Å². The molecule has 0 aromatic carbocycles. The Kier molecular flexibility index (Phi) is 3.57. The Morgan fingerprint density at radius 3 is 2.55 bits per heavy atom. The summed E-state index contributed by atoms with van der Waals surface area (Å²) in [7, 11) is -3.11. The molecule has 0 bridgehead atoms. The number of nitro groups is 1. The van der Waals surface area contributed by atoms with E-state index < -0.39 is 20.7 Å². The first-order chi connectivity index (χ1) is 9.30. The minimum absolute atomic E-state index is 0.0449. The molecule has 1 aliphatic rings. The van der Waals surface area contributed by atoms with E-state index in [0.717, 1.165) is 12.3 Å². The first-order valence-corrected chi connectivity index (χ1v) is 7.52. The van der Waals surface area contributed by atoms with Crippen molar-refractivity contribution in [2.24, 2.45) is 0 Å². The van der Waals surface area contributed by atoms with Crippen LogP contribution in [0.2, 0.25) is 0 Å². The zero-order chi connectivity index (χ0) is 14.9. The normalized spacial score (nSPS) is 17.7. The molecule has 2 rings (SSSR count). The van der Waals surface area contributed by atoms with Gasteiger partial charge in [0, 0.05) is 19.2 Å². The fourth-order valence-corrected chi connectivity index (χ4v) is 3.02. The summed E-state index contributed by atoms with van der Waals surface area (Å²) in [6, 6.07) is 1.05. The van der Waals surface area contributed by atoms with Gasteiger partial charge in [0.1, 0.15) is 12.0 Å². The van der Waals surface area contributed by atoms with Crippen molar-refractivity contribution in [2.45, 2.75) is 0 Å². The highest BCUT2D eigenvalue weighted by Gasteiger charge is 2.28. The first-order valence-electron chi connectivity index (χ1n) is 5.70. The molecular weight excluding hydrogens is 288 g/mol. The third-order valence-corrected chi connectivity index (χ3v) is 4.59. The Morgan fingerprint density at radius 1 is 1.40 bits per heavy atom. The zero-order valence-corrected chi connectivity index (χ0v) is 11.2. The average Bonchev–Trinajstić information content (AvgIpc) is 2.38. The Balaban J connectivity index is 2.25. The van der Waals surface area contributed by atoms with Gasteiger partial charge in [0.05, 0.1) is 22.0 Å². The molecule has 0 atom stereocenters. The van der Waals surface area contributed by atoms with Gasteiger partial charge in [-0.15, -0.1) is 0 Å². The number of nitrogens with two attached hydrogens (primary N) is 1. The van der Waals surface area contributed by atoms with Crippen LogP contribution < -0.4 is 5.73 Å². The number of nitrogens with zero attached hydrogens (tertiary/aromatic N) is 3. The van der Waals surface area contributed by atoms with E-state index in [1.807, 2.05) is 0 Å². The number of carbonyl (C=O) groups is 1. The maximum absolute atomic E-state index is 12.2. The smallest absolute Gasteiger partial charge is 0.288 e. The minimum atomic E-state index is -3.11. The number of anilines is 1. The van der Waals surface area contributed by atoms with E-state index in [1.165, 1.54) is 4.90 Å². The van der Waals surface area contributed by atoms with Crippen molar-refractivity contribution in [3.05, 3.63) is 27.9 Å². The molecule has 0 radical (unpaired) electrons. The van der Waals surface area contributed by atoms with Crippen molar-refractivity contribution in [1.29, 1.82) is 0 Å². The van der Waals surface area contributed by atoms with Crippen LogP contribution in [0.4, 0.5) is 11.5 Å². The summed E-state index contributed by atoms with van der Waals surface area (Å²) >= 11 is 0. The highest BCUT2D eigenvalue weighted by Crippen LogP contribution is 2.19. The second kappa shape index (κ2) is 5.04. The summed E-state index contributed by atoms with van der Waals surface area (Å²) in [5, 5.41) is 10.7. The highest BCUT2D eigenvalue weighted by molar-refractivity contribution is 7.91. The summed E-state index contributed by atoms with van der Waals surface area (Å²) in [4.78, 5) is 27.1. The topological polar surface area (TPSA) is 136 Å². The quantitative estimate of drug-likeness (QED) is 0.571. The predicted molar refractivity (Wildman–Crippen MR) is 69.9 cm³/mol. The van der Waals surface area contributed by atoms with Crippen LogP contribution in [0.5, 0.6) is 0 Å². The Labute approximate surface area is 114 Å². The third-order valence-electron chi connectivity index (χ3n) is 2.98. The molecule has 1 aliphatic heterocycles. The number of rotatable bonds is 2. The lowest BCUT2D eigenvalue weighted by Crippen LogP contribution is -2.44. The molecule has 2 N–H and O–H groups in total. The maximum Gasteiger partial charge on any atom is 0.288 e. The number of aromatic nitrogens is 1. The van der Waals surface area contributed by atoms with Crippen LogP contribution in [0.25, 0.3) is 0 Å². The molecule has 2 heterocycles. The molecule has 1 aromatic heterocycles. The first kappa shape index (κ1) is 14.2. The lowest BCUT2D eigenvalue weighted by molar-refractivity contribution is -0.385. The number of nitrogen functional groups attached to an aromatic ring is 1.